The summed E-state index contributed by atoms with van der Waals surface area (Å²) in [5.74, 6) is 6.32. The molecule has 0 aliphatic carbocycles. The summed E-state index contributed by atoms with van der Waals surface area (Å²) in [6.07, 6.45) is 1.88. The van der Waals surface area contributed by atoms with Crippen molar-refractivity contribution in [3.8, 4) is 0 Å². The van der Waals surface area contributed by atoms with Crippen LogP contribution in [0.1, 0.15) is 6.92 Å². The molecule has 0 fully saturated rings. The van der Waals surface area contributed by atoms with Crippen molar-refractivity contribution in [2.45, 2.75) is 6.92 Å². The summed E-state index contributed by atoms with van der Waals surface area (Å²) in [4.78, 5) is 0. The molecular formula is C3H8IrN2-2. The first-order valence-corrected chi connectivity index (χ1v) is 1.59. The number of hydrogen-bond acceptors (Lipinski definition) is 1. The van der Waals surface area contributed by atoms with Gasteiger partial charge in [0.2, 0.25) is 0 Å². The van der Waals surface area contributed by atoms with Gasteiger partial charge >= 0.3 is 0 Å². The van der Waals surface area contributed by atoms with Crippen molar-refractivity contribution in [3.05, 3.63) is 12.3 Å². The molecule has 0 aliphatic heterocycles. The number of rotatable bonds is 2. The van der Waals surface area contributed by atoms with Crippen molar-refractivity contribution in [2.24, 2.45) is 0 Å². The number of nitrogens with one attached hydrogen (secondary N) is 2. The van der Waals surface area contributed by atoms with E-state index in [4.69, 9.17) is 5.84 Å². The average molecular weight is 264 g/mol. The van der Waals surface area contributed by atoms with Crippen molar-refractivity contribution < 1.29 is 20.1 Å². The fourth-order valence-electron chi connectivity index (χ4n) is 0.102. The largest absolute Gasteiger partial charge is 0.615 e. The van der Waals surface area contributed by atoms with Gasteiger partial charge in [-0.3, -0.25) is 0 Å². The predicted molar refractivity (Wildman–Crippen MR) is 22.3 cm³/mol. The quantitative estimate of drug-likeness (QED) is 0.580. The van der Waals surface area contributed by atoms with E-state index in [1.165, 1.54) is 0 Å². The van der Waals surface area contributed by atoms with Gasteiger partial charge in [0.25, 0.3) is 0 Å². The topological polar surface area (TPSA) is 35.8 Å². The van der Waals surface area contributed by atoms with Crippen LogP contribution in [-0.2, 0) is 20.1 Å². The summed E-state index contributed by atoms with van der Waals surface area (Å²) in [5.41, 5.74) is 2.21. The molecule has 0 bridgehead atoms. The second-order valence-corrected chi connectivity index (χ2v) is 0.789. The molecule has 0 aromatic heterocycles. The van der Waals surface area contributed by atoms with E-state index < -0.39 is 0 Å². The summed E-state index contributed by atoms with van der Waals surface area (Å²) in [6, 6.07) is 0. The second kappa shape index (κ2) is 9.13. The Morgan fingerprint density at radius 2 is 2.33 bits per heavy atom. The second-order valence-electron chi connectivity index (χ2n) is 0.789. The van der Waals surface area contributed by atoms with Crippen LogP contribution >= 0.6 is 0 Å². The van der Waals surface area contributed by atoms with Gasteiger partial charge in [0.15, 0.2) is 0 Å². The summed E-state index contributed by atoms with van der Waals surface area (Å²) < 4.78 is 0. The Kier molecular flexibility index (Phi) is 14.8. The van der Waals surface area contributed by atoms with Crippen LogP contribution < -0.4 is 5.43 Å². The molecule has 2 nitrogen and oxygen atoms in total. The molecule has 0 unspecified atom stereocenters. The van der Waals surface area contributed by atoms with E-state index in [2.05, 4.69) is 5.43 Å². The molecular weight excluding hydrogens is 256 g/mol. The van der Waals surface area contributed by atoms with Gasteiger partial charge in [-0.05, 0) is 0 Å². The van der Waals surface area contributed by atoms with E-state index in [0.29, 0.717) is 6.54 Å². The van der Waals surface area contributed by atoms with Crippen LogP contribution in [0.5, 0.6) is 0 Å². The fraction of sp³-hybridized carbons (Fsp3) is 0.667. The molecule has 0 rings (SSSR count). The third-order valence-corrected chi connectivity index (χ3v) is 0.306. The van der Waals surface area contributed by atoms with Crippen molar-refractivity contribution in [1.29, 1.82) is 0 Å². The van der Waals surface area contributed by atoms with E-state index >= 15 is 0 Å². The van der Waals surface area contributed by atoms with E-state index in [9.17, 15) is 0 Å². The molecule has 0 saturated heterocycles. The first-order chi connectivity index (χ1) is 2.41. The first-order valence-electron chi connectivity index (χ1n) is 1.59. The minimum absolute atomic E-state index is 0. The van der Waals surface area contributed by atoms with E-state index in [-0.39, 0.29) is 20.1 Å². The smallest absolute Gasteiger partial charge is 0 e. The van der Waals surface area contributed by atoms with Crippen LogP contribution in [0.15, 0.2) is 0 Å². The minimum atomic E-state index is 0. The molecule has 0 atom stereocenters. The third-order valence-electron chi connectivity index (χ3n) is 0.306. The van der Waals surface area contributed by atoms with Crippen LogP contribution in [0.3, 0.4) is 0 Å². The zero-order valence-corrected chi connectivity index (χ0v) is 6.01. The molecule has 0 aromatic rings. The SMILES string of the molecule is C[CH-]CN[NH-].[Ir]. The maximum atomic E-state index is 6.32. The van der Waals surface area contributed by atoms with Crippen molar-refractivity contribution in [1.82, 2.24) is 5.43 Å². The van der Waals surface area contributed by atoms with Gasteiger partial charge in [0.05, 0.1) is 0 Å². The maximum absolute atomic E-state index is 6.32. The van der Waals surface area contributed by atoms with Gasteiger partial charge in [0.1, 0.15) is 0 Å². The zero-order chi connectivity index (χ0) is 4.12. The number of hydrogen-bond donors (Lipinski definition) is 1. The summed E-state index contributed by atoms with van der Waals surface area (Å²) in [6.45, 7) is 2.58. The predicted octanol–water partition coefficient (Wildman–Crippen LogP) is 0.765. The Balaban J connectivity index is 0. The van der Waals surface area contributed by atoms with Gasteiger partial charge < -0.3 is 17.7 Å². The summed E-state index contributed by atoms with van der Waals surface area (Å²) in [7, 11) is 0. The Bertz CT molecular complexity index is 16.3. The average Bonchev–Trinajstić information content (AvgIpc) is 1.41. The first kappa shape index (κ1) is 9.76. The van der Waals surface area contributed by atoms with Crippen molar-refractivity contribution in [3.63, 3.8) is 0 Å². The Labute approximate surface area is 51.8 Å². The molecule has 0 heterocycles. The van der Waals surface area contributed by atoms with Crippen LogP contribution in [0.2, 0.25) is 0 Å². The van der Waals surface area contributed by atoms with E-state index in [0.717, 1.165) is 0 Å². The molecule has 1 radical (unpaired) electrons. The van der Waals surface area contributed by atoms with Gasteiger partial charge in [-0.2, -0.15) is 6.92 Å². The van der Waals surface area contributed by atoms with Crippen molar-refractivity contribution in [2.75, 3.05) is 6.54 Å². The zero-order valence-electron chi connectivity index (χ0n) is 3.62. The van der Waals surface area contributed by atoms with Gasteiger partial charge in [-0.15, -0.1) is 6.54 Å². The monoisotopic (exact) mass is 265 g/mol. The molecule has 6 heavy (non-hydrogen) atoms. The Hall–Kier alpha value is 0.569. The summed E-state index contributed by atoms with van der Waals surface area (Å²) in [5, 5.41) is 0. The van der Waals surface area contributed by atoms with Gasteiger partial charge in [0, 0.05) is 20.1 Å². The van der Waals surface area contributed by atoms with E-state index in [1.807, 2.05) is 13.3 Å². The normalized spacial score (nSPS) is 7.00. The van der Waals surface area contributed by atoms with E-state index in [1.54, 1.807) is 0 Å². The molecule has 0 aliphatic rings. The summed E-state index contributed by atoms with van der Waals surface area (Å²) >= 11 is 0. The van der Waals surface area contributed by atoms with Crippen LogP contribution in [-0.4, -0.2) is 6.54 Å². The molecule has 0 spiro atoms. The molecule has 41 valence electrons. The fourth-order valence-corrected chi connectivity index (χ4v) is 0.102. The molecule has 0 aromatic carbocycles. The molecule has 0 saturated carbocycles. The van der Waals surface area contributed by atoms with Crippen molar-refractivity contribution >= 4 is 0 Å². The Morgan fingerprint density at radius 3 is 2.33 bits per heavy atom. The third kappa shape index (κ3) is 8.82. The Morgan fingerprint density at radius 1 is 1.83 bits per heavy atom. The molecule has 2 N–H and O–H groups in total. The van der Waals surface area contributed by atoms with Crippen LogP contribution in [0, 0.1) is 6.42 Å². The van der Waals surface area contributed by atoms with Gasteiger partial charge in [-0.1, -0.05) is 0 Å². The standard InChI is InChI=1S/C3H8N2.Ir/c1-2-3-5-4;/h2,4-5H,3H2,1H3;/q-2;. The van der Waals surface area contributed by atoms with Crippen LogP contribution in [0.25, 0.3) is 5.84 Å². The minimum Gasteiger partial charge on any atom is -0.615 e. The van der Waals surface area contributed by atoms with Gasteiger partial charge in [-0.25, -0.2) is 0 Å². The maximum Gasteiger partial charge on any atom is 0 e. The molecule has 3 heteroatoms. The van der Waals surface area contributed by atoms with Crippen LogP contribution in [0.4, 0.5) is 0 Å². The molecule has 0 amide bonds.